The zero-order valence-electron chi connectivity index (χ0n) is 15.2. The van der Waals surface area contributed by atoms with Gasteiger partial charge in [0.15, 0.2) is 5.69 Å². The molecule has 0 fully saturated rings. The standard InChI is InChI=1S/C18H23N3O4/c1-11-6-7-14(10-12(11)2)25-9-8-15(22)19-16-13(3)21(4)20-17(16)18(23)24-5/h6-7,10H,8-9H2,1-5H3,(H,19,22). The van der Waals surface area contributed by atoms with Crippen molar-refractivity contribution < 1.29 is 19.1 Å². The number of nitrogens with zero attached hydrogens (tertiary/aromatic N) is 2. The van der Waals surface area contributed by atoms with Gasteiger partial charge in [0.25, 0.3) is 0 Å². The van der Waals surface area contributed by atoms with Gasteiger partial charge < -0.3 is 14.8 Å². The SMILES string of the molecule is COC(=O)c1nn(C)c(C)c1NC(=O)CCOc1ccc(C)c(C)c1. The van der Waals surface area contributed by atoms with E-state index in [-0.39, 0.29) is 24.6 Å². The summed E-state index contributed by atoms with van der Waals surface area (Å²) in [7, 11) is 2.97. The van der Waals surface area contributed by atoms with Gasteiger partial charge in [-0.2, -0.15) is 5.10 Å². The van der Waals surface area contributed by atoms with Crippen molar-refractivity contribution >= 4 is 17.6 Å². The van der Waals surface area contributed by atoms with Gasteiger partial charge in [0.2, 0.25) is 5.91 Å². The van der Waals surface area contributed by atoms with E-state index in [1.165, 1.54) is 17.4 Å². The maximum absolute atomic E-state index is 12.2. The number of carbonyl (C=O) groups excluding carboxylic acids is 2. The third-order valence-electron chi connectivity index (χ3n) is 4.05. The molecule has 0 aliphatic carbocycles. The number of anilines is 1. The molecule has 1 aromatic carbocycles. The predicted molar refractivity (Wildman–Crippen MR) is 93.9 cm³/mol. The number of aryl methyl sites for hydroxylation is 3. The minimum absolute atomic E-state index is 0.0888. The predicted octanol–water partition coefficient (Wildman–Crippen LogP) is 2.54. The molecule has 0 radical (unpaired) electrons. The van der Waals surface area contributed by atoms with E-state index in [0.29, 0.717) is 11.4 Å². The summed E-state index contributed by atoms with van der Waals surface area (Å²) in [6.07, 6.45) is 0.155. The summed E-state index contributed by atoms with van der Waals surface area (Å²) in [6, 6.07) is 5.79. The summed E-state index contributed by atoms with van der Waals surface area (Å²) in [5.41, 5.74) is 3.45. The lowest BCUT2D eigenvalue weighted by Crippen LogP contribution is -2.17. The maximum atomic E-state index is 12.2. The van der Waals surface area contributed by atoms with E-state index in [0.717, 1.165) is 11.3 Å². The van der Waals surface area contributed by atoms with Crippen molar-refractivity contribution in [1.82, 2.24) is 9.78 Å². The average molecular weight is 345 g/mol. The number of hydrogen-bond acceptors (Lipinski definition) is 5. The molecule has 0 saturated heterocycles. The highest BCUT2D eigenvalue weighted by Gasteiger charge is 2.21. The van der Waals surface area contributed by atoms with Gasteiger partial charge in [0.05, 0.1) is 31.5 Å². The normalized spacial score (nSPS) is 10.4. The monoisotopic (exact) mass is 345 g/mol. The largest absolute Gasteiger partial charge is 0.493 e. The number of rotatable bonds is 6. The smallest absolute Gasteiger partial charge is 0.360 e. The van der Waals surface area contributed by atoms with Crippen LogP contribution in [0.25, 0.3) is 0 Å². The molecule has 1 aromatic heterocycles. The lowest BCUT2D eigenvalue weighted by molar-refractivity contribution is -0.116. The molecule has 1 amide bonds. The molecule has 2 rings (SSSR count). The molecule has 2 aromatic rings. The zero-order valence-corrected chi connectivity index (χ0v) is 15.2. The zero-order chi connectivity index (χ0) is 18.6. The van der Waals surface area contributed by atoms with Crippen LogP contribution in [0, 0.1) is 20.8 Å². The second-order valence-electron chi connectivity index (χ2n) is 5.82. The molecule has 0 unspecified atom stereocenters. The van der Waals surface area contributed by atoms with Crippen molar-refractivity contribution in [1.29, 1.82) is 0 Å². The number of nitrogens with one attached hydrogen (secondary N) is 1. The van der Waals surface area contributed by atoms with Gasteiger partial charge in [-0.25, -0.2) is 4.79 Å². The number of hydrogen-bond donors (Lipinski definition) is 1. The summed E-state index contributed by atoms with van der Waals surface area (Å²) >= 11 is 0. The van der Waals surface area contributed by atoms with Gasteiger partial charge in [-0.05, 0) is 44.0 Å². The van der Waals surface area contributed by atoms with E-state index in [1.54, 1.807) is 14.0 Å². The third kappa shape index (κ3) is 4.37. The molecule has 0 bridgehead atoms. The van der Waals surface area contributed by atoms with Crippen LogP contribution in [0.3, 0.4) is 0 Å². The highest BCUT2D eigenvalue weighted by molar-refractivity contribution is 6.00. The number of carbonyl (C=O) groups is 2. The van der Waals surface area contributed by atoms with E-state index in [9.17, 15) is 9.59 Å². The fourth-order valence-electron chi connectivity index (χ4n) is 2.26. The highest BCUT2D eigenvalue weighted by Crippen LogP contribution is 2.21. The Kier molecular flexibility index (Phi) is 5.80. The second-order valence-corrected chi connectivity index (χ2v) is 5.82. The van der Waals surface area contributed by atoms with Crippen LogP contribution in [-0.4, -0.2) is 35.4 Å². The van der Waals surface area contributed by atoms with Crippen molar-refractivity contribution in [2.75, 3.05) is 19.0 Å². The molecular weight excluding hydrogens is 322 g/mol. The Morgan fingerprint density at radius 1 is 1.20 bits per heavy atom. The number of methoxy groups -OCH3 is 1. The lowest BCUT2D eigenvalue weighted by atomic mass is 10.1. The van der Waals surface area contributed by atoms with Crippen LogP contribution in [-0.2, 0) is 16.6 Å². The van der Waals surface area contributed by atoms with Crippen LogP contribution in [0.5, 0.6) is 5.75 Å². The summed E-state index contributed by atoms with van der Waals surface area (Å²) < 4.78 is 11.8. The Hall–Kier alpha value is -2.83. The summed E-state index contributed by atoms with van der Waals surface area (Å²) in [4.78, 5) is 23.9. The molecule has 7 heteroatoms. The molecule has 1 N–H and O–H groups in total. The Bertz CT molecular complexity index is 796. The van der Waals surface area contributed by atoms with Crippen molar-refractivity contribution in [2.24, 2.45) is 7.05 Å². The minimum Gasteiger partial charge on any atom is -0.493 e. The van der Waals surface area contributed by atoms with Crippen LogP contribution in [0.1, 0.15) is 33.7 Å². The molecule has 0 atom stereocenters. The number of benzene rings is 1. The van der Waals surface area contributed by atoms with Crippen LogP contribution >= 0.6 is 0 Å². The molecule has 0 aliphatic heterocycles. The third-order valence-corrected chi connectivity index (χ3v) is 4.05. The Morgan fingerprint density at radius 2 is 1.92 bits per heavy atom. The van der Waals surface area contributed by atoms with Crippen molar-refractivity contribution in [3.8, 4) is 5.75 Å². The van der Waals surface area contributed by atoms with Gasteiger partial charge in [-0.15, -0.1) is 0 Å². The second kappa shape index (κ2) is 7.83. The van der Waals surface area contributed by atoms with E-state index in [1.807, 2.05) is 32.0 Å². The Balaban J connectivity index is 1.96. The fourth-order valence-corrected chi connectivity index (χ4v) is 2.26. The lowest BCUT2D eigenvalue weighted by Gasteiger charge is -2.09. The number of aromatic nitrogens is 2. The Morgan fingerprint density at radius 3 is 2.56 bits per heavy atom. The van der Waals surface area contributed by atoms with Gasteiger partial charge >= 0.3 is 5.97 Å². The number of esters is 1. The van der Waals surface area contributed by atoms with Crippen molar-refractivity contribution in [2.45, 2.75) is 27.2 Å². The average Bonchev–Trinajstić information content (AvgIpc) is 2.85. The van der Waals surface area contributed by atoms with Crippen molar-refractivity contribution in [3.63, 3.8) is 0 Å². The molecule has 0 aliphatic rings. The van der Waals surface area contributed by atoms with E-state index in [2.05, 4.69) is 10.4 Å². The summed E-state index contributed by atoms with van der Waals surface area (Å²) in [6.45, 7) is 6.04. The first-order chi connectivity index (χ1) is 11.8. The first kappa shape index (κ1) is 18.5. The van der Waals surface area contributed by atoms with Crippen LogP contribution in [0.4, 0.5) is 5.69 Å². The number of ether oxygens (including phenoxy) is 2. The molecule has 7 nitrogen and oxygen atoms in total. The van der Waals surface area contributed by atoms with Gasteiger partial charge in [-0.3, -0.25) is 9.48 Å². The molecule has 25 heavy (non-hydrogen) atoms. The minimum atomic E-state index is -0.592. The summed E-state index contributed by atoms with van der Waals surface area (Å²) in [5, 5.41) is 6.79. The first-order valence-corrected chi connectivity index (χ1v) is 7.95. The topological polar surface area (TPSA) is 82.5 Å². The Labute approximate surface area is 146 Å². The molecule has 134 valence electrons. The van der Waals surface area contributed by atoms with Gasteiger partial charge in [0, 0.05) is 7.05 Å². The molecule has 0 saturated carbocycles. The van der Waals surface area contributed by atoms with Gasteiger partial charge in [-0.1, -0.05) is 6.07 Å². The molecule has 0 spiro atoms. The highest BCUT2D eigenvalue weighted by atomic mass is 16.5. The van der Waals surface area contributed by atoms with E-state index < -0.39 is 5.97 Å². The van der Waals surface area contributed by atoms with Gasteiger partial charge in [0.1, 0.15) is 5.75 Å². The van der Waals surface area contributed by atoms with Crippen molar-refractivity contribution in [3.05, 3.63) is 40.7 Å². The van der Waals surface area contributed by atoms with Crippen LogP contribution in [0.2, 0.25) is 0 Å². The quantitative estimate of drug-likeness (QED) is 0.814. The fraction of sp³-hybridized carbons (Fsp3) is 0.389. The van der Waals surface area contributed by atoms with E-state index >= 15 is 0 Å². The summed E-state index contributed by atoms with van der Waals surface area (Å²) in [5.74, 6) is -0.126. The van der Waals surface area contributed by atoms with Crippen LogP contribution < -0.4 is 10.1 Å². The first-order valence-electron chi connectivity index (χ1n) is 7.95. The van der Waals surface area contributed by atoms with Crippen LogP contribution in [0.15, 0.2) is 18.2 Å². The number of amides is 1. The molecular formula is C18H23N3O4. The van der Waals surface area contributed by atoms with E-state index in [4.69, 9.17) is 9.47 Å². The maximum Gasteiger partial charge on any atom is 0.360 e. The molecule has 1 heterocycles.